The Hall–Kier alpha value is 0.390. The molecule has 0 saturated heterocycles. The topological polar surface area (TPSA) is 100 Å². The van der Waals surface area contributed by atoms with E-state index in [0.717, 1.165) is 0 Å². The molecule has 0 aliphatic carbocycles. The third kappa shape index (κ3) is 23.8. The normalized spacial score (nSPS) is 8.00. The van der Waals surface area contributed by atoms with E-state index in [4.69, 9.17) is 5.11 Å². The van der Waals surface area contributed by atoms with Gasteiger partial charge in [-0.1, -0.05) is 0 Å². The Morgan fingerprint density at radius 1 is 1.30 bits per heavy atom. The van der Waals surface area contributed by atoms with Crippen LogP contribution < -0.4 is 0 Å². The van der Waals surface area contributed by atoms with Crippen molar-refractivity contribution in [2.75, 3.05) is 0 Å². The molecule has 0 saturated carbocycles. The maximum absolute atomic E-state index is 10.0. The van der Waals surface area contributed by atoms with Crippen molar-refractivity contribution in [1.82, 2.24) is 0 Å². The first-order valence-electron chi connectivity index (χ1n) is 2.01. The van der Waals surface area contributed by atoms with Crippen molar-refractivity contribution in [3.63, 3.8) is 0 Å². The summed E-state index contributed by atoms with van der Waals surface area (Å²) in [6.07, 6.45) is 1.17. The van der Waals surface area contributed by atoms with E-state index < -0.39 is 0 Å². The second kappa shape index (κ2) is 12.1. The molecule has 0 aliphatic rings. The molecule has 0 aliphatic heterocycles. The SMILES string of the molecule is CC(=O)/C=C(/C)O.O.O.[CaH2]. The van der Waals surface area contributed by atoms with Gasteiger partial charge in [-0.15, -0.1) is 0 Å². The summed E-state index contributed by atoms with van der Waals surface area (Å²) < 4.78 is 0. The maximum atomic E-state index is 10.0. The molecule has 4 nitrogen and oxygen atoms in total. The summed E-state index contributed by atoms with van der Waals surface area (Å²) >= 11 is 0. The van der Waals surface area contributed by atoms with Crippen LogP contribution in [0.15, 0.2) is 11.8 Å². The standard InChI is InChI=1S/C5H8O2.Ca.2H2O.2H/c1-4(6)3-5(2)7;;;;;/h3,6H,1-2H3;;2*1H2;;/b4-3-;;;;;. The van der Waals surface area contributed by atoms with Crippen molar-refractivity contribution in [2.45, 2.75) is 13.8 Å². The number of aliphatic hydroxyl groups is 1. The van der Waals surface area contributed by atoms with Crippen LogP contribution in [0.5, 0.6) is 0 Å². The molecule has 0 bridgehead atoms. The number of rotatable bonds is 1. The summed E-state index contributed by atoms with van der Waals surface area (Å²) in [5.41, 5.74) is 0. The molecule has 60 valence electrons. The average Bonchev–Trinajstić information content (AvgIpc) is 1.27. The summed E-state index contributed by atoms with van der Waals surface area (Å²) in [5.74, 6) is -0.0625. The third-order valence-corrected chi connectivity index (χ3v) is 0.412. The predicted molar refractivity (Wildman–Crippen MR) is 42.8 cm³/mol. The molecule has 0 spiro atoms. The fourth-order valence-corrected chi connectivity index (χ4v) is 0.294. The van der Waals surface area contributed by atoms with Crippen LogP contribution in [-0.4, -0.2) is 59.6 Å². The first kappa shape index (κ1) is 22.4. The zero-order valence-electron chi connectivity index (χ0n) is 5.43. The van der Waals surface area contributed by atoms with Crippen LogP contribution >= 0.6 is 0 Å². The van der Waals surface area contributed by atoms with Crippen LogP contribution in [0.3, 0.4) is 0 Å². The molecule has 0 heterocycles. The molecule has 5 N–H and O–H groups in total. The van der Waals surface area contributed by atoms with Crippen molar-refractivity contribution in [2.24, 2.45) is 0 Å². The molecule has 10 heavy (non-hydrogen) atoms. The van der Waals surface area contributed by atoms with E-state index in [2.05, 4.69) is 0 Å². The van der Waals surface area contributed by atoms with Crippen LogP contribution in [0, 0.1) is 0 Å². The van der Waals surface area contributed by atoms with Crippen LogP contribution in [-0.2, 0) is 4.79 Å². The summed E-state index contributed by atoms with van der Waals surface area (Å²) in [5, 5.41) is 8.36. The summed E-state index contributed by atoms with van der Waals surface area (Å²) in [7, 11) is 0. The van der Waals surface area contributed by atoms with E-state index in [1.807, 2.05) is 0 Å². The van der Waals surface area contributed by atoms with Gasteiger partial charge in [-0.3, -0.25) is 4.79 Å². The number of allylic oxidation sites excluding steroid dienone is 2. The number of aliphatic hydroxyl groups excluding tert-OH is 1. The van der Waals surface area contributed by atoms with Gasteiger partial charge in [0.1, 0.15) is 0 Å². The Kier molecular flexibility index (Phi) is 27.2. The molecule has 0 aromatic carbocycles. The molecule has 0 aromatic heterocycles. The number of carbonyl (C=O) groups is 1. The first-order chi connectivity index (χ1) is 3.13. The molecule has 0 aromatic rings. The molecule has 0 fully saturated rings. The quantitative estimate of drug-likeness (QED) is 0.299. The fourth-order valence-electron chi connectivity index (χ4n) is 0.294. The van der Waals surface area contributed by atoms with E-state index in [1.165, 1.54) is 19.9 Å². The van der Waals surface area contributed by atoms with Gasteiger partial charge in [0.05, 0.1) is 5.76 Å². The van der Waals surface area contributed by atoms with Crippen molar-refractivity contribution >= 4 is 43.5 Å². The van der Waals surface area contributed by atoms with E-state index in [9.17, 15) is 4.79 Å². The van der Waals surface area contributed by atoms with Crippen LogP contribution in [0.2, 0.25) is 0 Å². The van der Waals surface area contributed by atoms with Gasteiger partial charge in [0, 0.05) is 6.08 Å². The number of ketones is 1. The van der Waals surface area contributed by atoms with E-state index in [1.54, 1.807) is 0 Å². The van der Waals surface area contributed by atoms with E-state index in [0.29, 0.717) is 0 Å². The van der Waals surface area contributed by atoms with E-state index >= 15 is 0 Å². The van der Waals surface area contributed by atoms with Gasteiger partial charge in [0.15, 0.2) is 5.78 Å². The Balaban J connectivity index is -0.0000000600. The minimum absolute atomic E-state index is 0. The Morgan fingerprint density at radius 3 is 1.60 bits per heavy atom. The summed E-state index contributed by atoms with van der Waals surface area (Å²) in [4.78, 5) is 10.0. The second-order valence-electron chi connectivity index (χ2n) is 1.40. The van der Waals surface area contributed by atoms with E-state index in [-0.39, 0.29) is 60.2 Å². The molecule has 0 unspecified atom stereocenters. The van der Waals surface area contributed by atoms with Gasteiger partial charge in [-0.05, 0) is 13.8 Å². The van der Waals surface area contributed by atoms with Gasteiger partial charge in [0.25, 0.3) is 0 Å². The first-order valence-corrected chi connectivity index (χ1v) is 2.01. The zero-order chi connectivity index (χ0) is 5.86. The fraction of sp³-hybridized carbons (Fsp3) is 0.400. The van der Waals surface area contributed by atoms with Gasteiger partial charge < -0.3 is 16.1 Å². The second-order valence-corrected chi connectivity index (χ2v) is 1.40. The summed E-state index contributed by atoms with van der Waals surface area (Å²) in [6.45, 7) is 2.85. The number of carbonyl (C=O) groups excluding carboxylic acids is 1. The van der Waals surface area contributed by atoms with Crippen molar-refractivity contribution in [3.8, 4) is 0 Å². The van der Waals surface area contributed by atoms with Crippen molar-refractivity contribution in [1.29, 1.82) is 0 Å². The average molecular weight is 178 g/mol. The molecule has 0 rings (SSSR count). The van der Waals surface area contributed by atoms with Crippen LogP contribution in [0.1, 0.15) is 13.8 Å². The van der Waals surface area contributed by atoms with Crippen molar-refractivity contribution in [3.05, 3.63) is 11.8 Å². The molecular formula is C5H14CaO4. The predicted octanol–water partition coefficient (Wildman–Crippen LogP) is -1.53. The molecule has 0 amide bonds. The number of hydrogen-bond donors (Lipinski definition) is 1. The summed E-state index contributed by atoms with van der Waals surface area (Å²) in [6, 6.07) is 0. The third-order valence-electron chi connectivity index (χ3n) is 0.412. The Bertz CT molecular complexity index is 106. The van der Waals surface area contributed by atoms with Gasteiger partial charge in [0.2, 0.25) is 0 Å². The monoisotopic (exact) mass is 178 g/mol. The zero-order valence-corrected chi connectivity index (χ0v) is 5.43. The molecule has 5 heteroatoms. The Labute approximate surface area is 89.5 Å². The van der Waals surface area contributed by atoms with Gasteiger partial charge in [-0.25, -0.2) is 0 Å². The van der Waals surface area contributed by atoms with Gasteiger partial charge >= 0.3 is 37.7 Å². The molecule has 0 atom stereocenters. The molecule has 0 radical (unpaired) electrons. The number of hydrogen-bond acceptors (Lipinski definition) is 2. The molecular weight excluding hydrogens is 164 g/mol. The van der Waals surface area contributed by atoms with Crippen molar-refractivity contribution < 1.29 is 20.9 Å². The van der Waals surface area contributed by atoms with Gasteiger partial charge in [-0.2, -0.15) is 0 Å². The van der Waals surface area contributed by atoms with Crippen LogP contribution in [0.25, 0.3) is 0 Å². The van der Waals surface area contributed by atoms with Crippen LogP contribution in [0.4, 0.5) is 0 Å². The Morgan fingerprint density at radius 2 is 1.60 bits per heavy atom. The minimum atomic E-state index is -0.125.